The second-order valence-corrected chi connectivity index (χ2v) is 4.70. The highest BCUT2D eigenvalue weighted by molar-refractivity contribution is 5.68. The van der Waals surface area contributed by atoms with Crippen LogP contribution in [0.5, 0.6) is 0 Å². The first-order valence-corrected chi connectivity index (χ1v) is 5.07. The molecule has 1 aliphatic heterocycles. The van der Waals surface area contributed by atoms with E-state index in [0.29, 0.717) is 0 Å². The van der Waals surface area contributed by atoms with Crippen molar-refractivity contribution >= 4 is 6.09 Å². The zero-order chi connectivity index (χ0) is 11.6. The van der Waals surface area contributed by atoms with Crippen LogP contribution in [0.3, 0.4) is 0 Å². The molecule has 0 radical (unpaired) electrons. The molecule has 1 fully saturated rings. The summed E-state index contributed by atoms with van der Waals surface area (Å²) in [7, 11) is 0. The first-order valence-electron chi connectivity index (χ1n) is 5.07. The van der Waals surface area contributed by atoms with Gasteiger partial charge in [-0.2, -0.15) is 0 Å². The molecule has 15 heavy (non-hydrogen) atoms. The molecule has 1 rings (SSSR count). The number of amides is 1. The van der Waals surface area contributed by atoms with Crippen molar-refractivity contribution in [3.63, 3.8) is 0 Å². The summed E-state index contributed by atoms with van der Waals surface area (Å²) in [5, 5.41) is 9.12. The third kappa shape index (κ3) is 3.07. The van der Waals surface area contributed by atoms with Crippen LogP contribution < -0.4 is 0 Å². The molecular weight excluding hydrogens is 198 g/mol. The summed E-state index contributed by atoms with van der Waals surface area (Å²) in [5.41, 5.74) is -0.525. The molecule has 0 aromatic heterocycles. The van der Waals surface area contributed by atoms with Crippen molar-refractivity contribution in [2.24, 2.45) is 0 Å². The normalized spacial score (nSPS) is 26.9. The van der Waals surface area contributed by atoms with E-state index < -0.39 is 11.7 Å². The van der Waals surface area contributed by atoms with Gasteiger partial charge in [0.25, 0.3) is 0 Å². The lowest BCUT2D eigenvalue weighted by molar-refractivity contribution is 0.0122. The van der Waals surface area contributed by atoms with Gasteiger partial charge in [0, 0.05) is 0 Å². The average Bonchev–Trinajstić information content (AvgIpc) is 2.43. The average molecular weight is 217 g/mol. The van der Waals surface area contributed by atoms with Gasteiger partial charge in [-0.1, -0.05) is 0 Å². The molecule has 88 valence electrons. The van der Waals surface area contributed by atoms with Crippen molar-refractivity contribution in [2.75, 3.05) is 13.3 Å². The lowest BCUT2D eigenvalue weighted by Gasteiger charge is -2.27. The maximum absolute atomic E-state index is 11.7. The van der Waals surface area contributed by atoms with Crippen LogP contribution in [0.15, 0.2) is 0 Å². The number of rotatable bonds is 1. The minimum Gasteiger partial charge on any atom is -0.444 e. The fraction of sp³-hybridized carbons (Fsp3) is 0.900. The Kier molecular flexibility index (Phi) is 3.57. The van der Waals surface area contributed by atoms with Crippen molar-refractivity contribution < 1.29 is 19.4 Å². The van der Waals surface area contributed by atoms with E-state index in [1.165, 1.54) is 4.90 Å². The third-order valence-corrected chi connectivity index (χ3v) is 2.23. The van der Waals surface area contributed by atoms with Gasteiger partial charge in [-0.15, -0.1) is 0 Å². The number of hydrogen-bond acceptors (Lipinski definition) is 4. The summed E-state index contributed by atoms with van der Waals surface area (Å²) in [6.45, 7) is 7.31. The summed E-state index contributed by atoms with van der Waals surface area (Å²) < 4.78 is 10.5. The van der Waals surface area contributed by atoms with Crippen molar-refractivity contribution in [1.82, 2.24) is 4.90 Å². The number of carbonyl (C=O) groups is 1. The van der Waals surface area contributed by atoms with Gasteiger partial charge in [0.15, 0.2) is 0 Å². The van der Waals surface area contributed by atoms with Crippen LogP contribution in [0.4, 0.5) is 4.79 Å². The van der Waals surface area contributed by atoms with Gasteiger partial charge in [-0.25, -0.2) is 4.79 Å². The molecule has 5 heteroatoms. The quantitative estimate of drug-likeness (QED) is 0.710. The first-order chi connectivity index (χ1) is 6.85. The fourth-order valence-corrected chi connectivity index (χ4v) is 1.41. The Labute approximate surface area is 90.0 Å². The van der Waals surface area contributed by atoms with E-state index in [1.807, 2.05) is 6.92 Å². The second-order valence-electron chi connectivity index (χ2n) is 4.70. The molecule has 0 unspecified atom stereocenters. The van der Waals surface area contributed by atoms with E-state index in [0.717, 1.165) is 0 Å². The van der Waals surface area contributed by atoms with E-state index >= 15 is 0 Å². The van der Waals surface area contributed by atoms with Gasteiger partial charge in [0.2, 0.25) is 0 Å². The highest BCUT2D eigenvalue weighted by atomic mass is 16.6. The molecular formula is C10H19NO4. The number of carbonyl (C=O) groups excluding carboxylic acids is 1. The molecule has 0 bridgehead atoms. The van der Waals surface area contributed by atoms with Crippen LogP contribution in [0.2, 0.25) is 0 Å². The van der Waals surface area contributed by atoms with Crippen LogP contribution in [0.1, 0.15) is 27.7 Å². The molecule has 1 N–H and O–H groups in total. The molecule has 1 heterocycles. The smallest absolute Gasteiger partial charge is 0.412 e. The van der Waals surface area contributed by atoms with E-state index in [1.54, 1.807) is 20.8 Å². The molecule has 2 atom stereocenters. The lowest BCUT2D eigenvalue weighted by atomic mass is 10.2. The number of ether oxygens (including phenoxy) is 2. The Balaban J connectivity index is 2.60. The Hall–Kier alpha value is -0.810. The standard InChI is InChI=1S/C10H19NO4/c1-7-8(5-12)11(6-14-7)9(13)15-10(2,3)4/h7-8,12H,5-6H2,1-4H3/t7-,8-/m0/s1. The lowest BCUT2D eigenvalue weighted by Crippen LogP contribution is -2.43. The Morgan fingerprint density at radius 1 is 1.60 bits per heavy atom. The van der Waals surface area contributed by atoms with E-state index in [2.05, 4.69) is 0 Å². The molecule has 1 amide bonds. The summed E-state index contributed by atoms with van der Waals surface area (Å²) in [6.07, 6.45) is -0.589. The van der Waals surface area contributed by atoms with Gasteiger partial charge in [0.1, 0.15) is 12.3 Å². The van der Waals surface area contributed by atoms with Gasteiger partial charge in [-0.05, 0) is 27.7 Å². The van der Waals surface area contributed by atoms with Crippen molar-refractivity contribution in [1.29, 1.82) is 0 Å². The highest BCUT2D eigenvalue weighted by Gasteiger charge is 2.37. The Morgan fingerprint density at radius 2 is 2.20 bits per heavy atom. The highest BCUT2D eigenvalue weighted by Crippen LogP contribution is 2.19. The maximum Gasteiger partial charge on any atom is 0.412 e. The topological polar surface area (TPSA) is 59.0 Å². The van der Waals surface area contributed by atoms with Crippen molar-refractivity contribution in [2.45, 2.75) is 45.4 Å². The number of nitrogens with zero attached hydrogens (tertiary/aromatic N) is 1. The molecule has 0 spiro atoms. The SMILES string of the molecule is C[C@@H]1OCN(C(=O)OC(C)(C)C)[C@H]1CO. The molecule has 1 aliphatic rings. The van der Waals surface area contributed by atoms with Gasteiger partial charge >= 0.3 is 6.09 Å². The second kappa shape index (κ2) is 4.37. The van der Waals surface area contributed by atoms with Crippen LogP contribution in [-0.4, -0.2) is 47.2 Å². The summed E-state index contributed by atoms with van der Waals surface area (Å²) in [6, 6.07) is -0.306. The van der Waals surface area contributed by atoms with E-state index in [-0.39, 0.29) is 25.5 Å². The van der Waals surface area contributed by atoms with Crippen LogP contribution in [0.25, 0.3) is 0 Å². The minimum atomic E-state index is -0.525. The predicted molar refractivity (Wildman–Crippen MR) is 54.4 cm³/mol. The zero-order valence-corrected chi connectivity index (χ0v) is 9.69. The van der Waals surface area contributed by atoms with E-state index in [4.69, 9.17) is 14.6 Å². The Morgan fingerprint density at radius 3 is 2.67 bits per heavy atom. The summed E-state index contributed by atoms with van der Waals surface area (Å²) in [5.74, 6) is 0. The third-order valence-electron chi connectivity index (χ3n) is 2.23. The van der Waals surface area contributed by atoms with Gasteiger partial charge in [-0.3, -0.25) is 4.90 Å². The largest absolute Gasteiger partial charge is 0.444 e. The summed E-state index contributed by atoms with van der Waals surface area (Å²) >= 11 is 0. The fourth-order valence-electron chi connectivity index (χ4n) is 1.41. The molecule has 0 aromatic rings. The minimum absolute atomic E-state index is 0.111. The zero-order valence-electron chi connectivity index (χ0n) is 9.69. The van der Waals surface area contributed by atoms with Gasteiger partial charge in [0.05, 0.1) is 18.8 Å². The number of aliphatic hydroxyl groups is 1. The van der Waals surface area contributed by atoms with Gasteiger partial charge < -0.3 is 14.6 Å². The first kappa shape index (κ1) is 12.3. The monoisotopic (exact) mass is 217 g/mol. The van der Waals surface area contributed by atoms with Crippen molar-refractivity contribution in [3.8, 4) is 0 Å². The molecule has 5 nitrogen and oxygen atoms in total. The molecule has 0 aliphatic carbocycles. The van der Waals surface area contributed by atoms with Crippen LogP contribution in [0, 0.1) is 0 Å². The number of aliphatic hydroxyl groups excluding tert-OH is 1. The van der Waals surface area contributed by atoms with Crippen molar-refractivity contribution in [3.05, 3.63) is 0 Å². The van der Waals surface area contributed by atoms with Crippen LogP contribution >= 0.6 is 0 Å². The molecule has 1 saturated heterocycles. The number of hydrogen-bond donors (Lipinski definition) is 1. The van der Waals surface area contributed by atoms with Crippen LogP contribution in [-0.2, 0) is 9.47 Å². The summed E-state index contributed by atoms with van der Waals surface area (Å²) in [4.78, 5) is 13.1. The maximum atomic E-state index is 11.7. The predicted octanol–water partition coefficient (Wildman–Crippen LogP) is 0.961. The van der Waals surface area contributed by atoms with E-state index in [9.17, 15) is 4.79 Å². The molecule has 0 saturated carbocycles. The Bertz CT molecular complexity index is 236. The molecule has 0 aromatic carbocycles.